The van der Waals surface area contributed by atoms with Crippen molar-refractivity contribution < 1.29 is 18.0 Å². The average Bonchev–Trinajstić information content (AvgIpc) is 2.27. The van der Waals surface area contributed by atoms with E-state index in [1.54, 1.807) is 13.8 Å². The number of Topliss-reactive ketones (excluding diaryl/α,β-unsaturated/α-hetero) is 1. The predicted molar refractivity (Wildman–Crippen MR) is 71.8 cm³/mol. The summed E-state index contributed by atoms with van der Waals surface area (Å²) >= 11 is 0. The lowest BCUT2D eigenvalue weighted by Crippen LogP contribution is -2.35. The highest BCUT2D eigenvalue weighted by atomic mass is 32.2. The second kappa shape index (κ2) is 5.97. The third-order valence-corrected chi connectivity index (χ3v) is 4.02. The van der Waals surface area contributed by atoms with Crippen molar-refractivity contribution in [3.63, 3.8) is 0 Å². The minimum absolute atomic E-state index is 0.0383. The van der Waals surface area contributed by atoms with Gasteiger partial charge in [-0.1, -0.05) is 12.1 Å². The quantitative estimate of drug-likeness (QED) is 0.823. The number of benzene rings is 1. The molecule has 0 aliphatic heterocycles. The van der Waals surface area contributed by atoms with Gasteiger partial charge in [0.05, 0.1) is 4.90 Å². The molecule has 1 amide bonds. The Kier molecular flexibility index (Phi) is 4.83. The van der Waals surface area contributed by atoms with Crippen molar-refractivity contribution in [2.24, 2.45) is 0 Å². The summed E-state index contributed by atoms with van der Waals surface area (Å²) in [6.07, 6.45) is 0. The molecular weight excluding hydrogens is 266 g/mol. The summed E-state index contributed by atoms with van der Waals surface area (Å²) in [5, 5.41) is 2.53. The SMILES string of the molecule is CC(=O)c1ccc(S(=O)(=O)CC(=O)NC(C)C)cc1. The minimum atomic E-state index is -3.67. The molecule has 6 heteroatoms. The third-order valence-electron chi connectivity index (χ3n) is 2.39. The zero-order chi connectivity index (χ0) is 14.6. The van der Waals surface area contributed by atoms with Crippen molar-refractivity contribution in [3.05, 3.63) is 29.8 Å². The van der Waals surface area contributed by atoms with Crippen molar-refractivity contribution in [3.8, 4) is 0 Å². The molecule has 1 aromatic rings. The van der Waals surface area contributed by atoms with Crippen molar-refractivity contribution in [1.29, 1.82) is 0 Å². The van der Waals surface area contributed by atoms with E-state index in [4.69, 9.17) is 0 Å². The first-order valence-corrected chi connectivity index (χ1v) is 7.50. The molecule has 104 valence electrons. The van der Waals surface area contributed by atoms with E-state index < -0.39 is 21.5 Å². The Balaban J connectivity index is 2.88. The Bertz CT molecular complexity index is 573. The number of amides is 1. The predicted octanol–water partition coefficient (Wildman–Crippen LogP) is 1.19. The van der Waals surface area contributed by atoms with Gasteiger partial charge in [0, 0.05) is 11.6 Å². The standard InChI is InChI=1S/C13H17NO4S/c1-9(2)14-13(16)8-19(17,18)12-6-4-11(5-7-12)10(3)15/h4-7,9H,8H2,1-3H3,(H,14,16). The van der Waals surface area contributed by atoms with Crippen LogP contribution >= 0.6 is 0 Å². The van der Waals surface area contributed by atoms with Gasteiger partial charge in [-0.05, 0) is 32.9 Å². The highest BCUT2D eigenvalue weighted by Gasteiger charge is 2.19. The minimum Gasteiger partial charge on any atom is -0.353 e. The average molecular weight is 283 g/mol. The molecule has 19 heavy (non-hydrogen) atoms. The van der Waals surface area contributed by atoms with Crippen LogP contribution in [0.5, 0.6) is 0 Å². The van der Waals surface area contributed by atoms with Gasteiger partial charge in [-0.25, -0.2) is 8.42 Å². The van der Waals surface area contributed by atoms with Gasteiger partial charge in [0.1, 0.15) is 5.75 Å². The fourth-order valence-electron chi connectivity index (χ4n) is 1.52. The number of carbonyl (C=O) groups is 2. The van der Waals surface area contributed by atoms with Crippen LogP contribution < -0.4 is 5.32 Å². The molecule has 0 fully saturated rings. The fourth-order valence-corrected chi connectivity index (χ4v) is 2.66. The second-order valence-electron chi connectivity index (χ2n) is 4.56. The van der Waals surface area contributed by atoms with Gasteiger partial charge < -0.3 is 5.32 Å². The zero-order valence-electron chi connectivity index (χ0n) is 11.1. The first-order valence-electron chi connectivity index (χ1n) is 5.85. The lowest BCUT2D eigenvalue weighted by atomic mass is 10.2. The molecule has 1 rings (SSSR count). The molecular formula is C13H17NO4S. The van der Waals surface area contributed by atoms with Crippen LogP contribution in [0.1, 0.15) is 31.1 Å². The van der Waals surface area contributed by atoms with Crippen molar-refractivity contribution in [2.45, 2.75) is 31.7 Å². The van der Waals surface area contributed by atoms with Crippen LogP contribution in [0.2, 0.25) is 0 Å². The van der Waals surface area contributed by atoms with Gasteiger partial charge in [0.25, 0.3) is 0 Å². The highest BCUT2D eigenvalue weighted by molar-refractivity contribution is 7.92. The third kappa shape index (κ3) is 4.48. The molecule has 0 bridgehead atoms. The first-order chi connectivity index (χ1) is 8.72. The van der Waals surface area contributed by atoms with E-state index in [1.165, 1.54) is 31.2 Å². The van der Waals surface area contributed by atoms with E-state index in [0.29, 0.717) is 5.56 Å². The Labute approximate surface area is 112 Å². The second-order valence-corrected chi connectivity index (χ2v) is 6.55. The fraction of sp³-hybridized carbons (Fsp3) is 0.385. The molecule has 0 saturated carbocycles. The van der Waals surface area contributed by atoms with E-state index in [1.807, 2.05) is 0 Å². The van der Waals surface area contributed by atoms with E-state index in [2.05, 4.69) is 5.32 Å². The number of hydrogen-bond donors (Lipinski definition) is 1. The normalized spacial score (nSPS) is 11.4. The molecule has 0 unspecified atom stereocenters. The van der Waals surface area contributed by atoms with E-state index in [0.717, 1.165) is 0 Å². The van der Waals surface area contributed by atoms with Gasteiger partial charge >= 0.3 is 0 Å². The van der Waals surface area contributed by atoms with Crippen LogP contribution in [-0.4, -0.2) is 31.9 Å². The van der Waals surface area contributed by atoms with Gasteiger partial charge in [0.15, 0.2) is 15.6 Å². The number of carbonyl (C=O) groups excluding carboxylic acids is 2. The van der Waals surface area contributed by atoms with Crippen molar-refractivity contribution in [2.75, 3.05) is 5.75 Å². The Morgan fingerprint density at radius 2 is 1.68 bits per heavy atom. The molecule has 5 nitrogen and oxygen atoms in total. The van der Waals surface area contributed by atoms with Crippen LogP contribution in [-0.2, 0) is 14.6 Å². The number of ketones is 1. The maximum atomic E-state index is 12.0. The summed E-state index contributed by atoms with van der Waals surface area (Å²) in [4.78, 5) is 22.6. The lowest BCUT2D eigenvalue weighted by Gasteiger charge is -2.09. The summed E-state index contributed by atoms with van der Waals surface area (Å²) < 4.78 is 23.9. The van der Waals surface area contributed by atoms with Gasteiger partial charge in [0.2, 0.25) is 5.91 Å². The first kappa shape index (κ1) is 15.4. The largest absolute Gasteiger partial charge is 0.353 e. The molecule has 1 aromatic carbocycles. The molecule has 0 heterocycles. The molecule has 0 saturated heterocycles. The van der Waals surface area contributed by atoms with E-state index in [9.17, 15) is 18.0 Å². The van der Waals surface area contributed by atoms with E-state index >= 15 is 0 Å². The van der Waals surface area contributed by atoms with Crippen molar-refractivity contribution >= 4 is 21.5 Å². The summed E-state index contributed by atoms with van der Waals surface area (Å²) in [6.45, 7) is 4.91. The molecule has 0 radical (unpaired) electrons. The Morgan fingerprint density at radius 3 is 2.11 bits per heavy atom. The van der Waals surface area contributed by atoms with Crippen molar-refractivity contribution in [1.82, 2.24) is 5.32 Å². The van der Waals surface area contributed by atoms with E-state index in [-0.39, 0.29) is 16.7 Å². The lowest BCUT2D eigenvalue weighted by molar-refractivity contribution is -0.119. The van der Waals surface area contributed by atoms with Crippen LogP contribution in [0.3, 0.4) is 0 Å². The summed E-state index contributed by atoms with van der Waals surface area (Å²) in [5.41, 5.74) is 0.436. The number of nitrogens with one attached hydrogen (secondary N) is 1. The maximum absolute atomic E-state index is 12.0. The van der Waals surface area contributed by atoms with Gasteiger partial charge in [-0.3, -0.25) is 9.59 Å². The van der Waals surface area contributed by atoms with Crippen LogP contribution in [0.4, 0.5) is 0 Å². The van der Waals surface area contributed by atoms with Gasteiger partial charge in [-0.2, -0.15) is 0 Å². The molecule has 0 atom stereocenters. The number of rotatable bonds is 5. The summed E-state index contributed by atoms with van der Waals surface area (Å²) in [5.74, 6) is -1.27. The Morgan fingerprint density at radius 1 is 1.16 bits per heavy atom. The molecule has 0 aliphatic carbocycles. The van der Waals surface area contributed by atoms with Gasteiger partial charge in [-0.15, -0.1) is 0 Å². The number of sulfone groups is 1. The molecule has 1 N–H and O–H groups in total. The molecule has 0 aliphatic rings. The highest BCUT2D eigenvalue weighted by Crippen LogP contribution is 2.13. The number of hydrogen-bond acceptors (Lipinski definition) is 4. The monoisotopic (exact) mass is 283 g/mol. The summed E-state index contributed by atoms with van der Waals surface area (Å²) in [6, 6.07) is 5.46. The zero-order valence-corrected chi connectivity index (χ0v) is 12.0. The molecule has 0 aromatic heterocycles. The van der Waals surface area contributed by atoms with Crippen LogP contribution in [0.15, 0.2) is 29.2 Å². The maximum Gasteiger partial charge on any atom is 0.235 e. The Hall–Kier alpha value is -1.69. The van der Waals surface area contributed by atoms with Crippen LogP contribution in [0, 0.1) is 0 Å². The van der Waals surface area contributed by atoms with Crippen LogP contribution in [0.25, 0.3) is 0 Å². The molecule has 0 spiro atoms. The summed E-state index contributed by atoms with van der Waals surface area (Å²) in [7, 11) is -3.67. The topological polar surface area (TPSA) is 80.3 Å². The smallest absolute Gasteiger partial charge is 0.235 e.